The number of amides is 1. The molecule has 0 saturated carbocycles. The Morgan fingerprint density at radius 3 is 2.88 bits per heavy atom. The zero-order valence-electron chi connectivity index (χ0n) is 10.6. The molecule has 1 aromatic rings. The molecular weight excluding hydrogens is 232 g/mol. The number of hydrogen-bond acceptors (Lipinski definition) is 3. The van der Waals surface area contributed by atoms with Gasteiger partial charge in [0.15, 0.2) is 0 Å². The van der Waals surface area contributed by atoms with Crippen LogP contribution in [0.2, 0.25) is 0 Å². The second-order valence-corrected chi connectivity index (χ2v) is 5.27. The summed E-state index contributed by atoms with van der Waals surface area (Å²) < 4.78 is 0. The van der Waals surface area contributed by atoms with Crippen LogP contribution in [-0.2, 0) is 0 Å². The van der Waals surface area contributed by atoms with Crippen LogP contribution in [-0.4, -0.2) is 24.5 Å². The number of nitrogen functional groups attached to an aromatic ring is 1. The maximum absolute atomic E-state index is 11.9. The number of rotatable bonds is 5. The van der Waals surface area contributed by atoms with E-state index in [9.17, 15) is 4.79 Å². The molecule has 1 amide bonds. The van der Waals surface area contributed by atoms with Crippen LogP contribution in [0.25, 0.3) is 0 Å². The largest absolute Gasteiger partial charge is 0.398 e. The number of hydrogen-bond donors (Lipinski definition) is 2. The third-order valence-electron chi connectivity index (χ3n) is 2.52. The lowest BCUT2D eigenvalue weighted by Crippen LogP contribution is -2.29. The Hall–Kier alpha value is -1.16. The monoisotopic (exact) mass is 252 g/mol. The number of nitrogens with one attached hydrogen (secondary N) is 1. The summed E-state index contributed by atoms with van der Waals surface area (Å²) in [7, 11) is 0. The maximum atomic E-state index is 11.9. The molecule has 1 unspecified atom stereocenters. The Morgan fingerprint density at radius 1 is 1.53 bits per heavy atom. The van der Waals surface area contributed by atoms with Crippen molar-refractivity contribution in [3.05, 3.63) is 29.3 Å². The first-order valence-electron chi connectivity index (χ1n) is 5.68. The Morgan fingerprint density at radius 2 is 2.24 bits per heavy atom. The molecule has 0 heterocycles. The molecule has 0 bridgehead atoms. The minimum atomic E-state index is -0.0841. The second kappa shape index (κ2) is 6.55. The number of aryl methyl sites for hydroxylation is 1. The number of carbonyl (C=O) groups excluding carboxylic acids is 1. The van der Waals surface area contributed by atoms with Gasteiger partial charge in [-0.25, -0.2) is 0 Å². The van der Waals surface area contributed by atoms with Crippen molar-refractivity contribution in [3.63, 3.8) is 0 Å². The number of anilines is 1. The van der Waals surface area contributed by atoms with Crippen LogP contribution in [0.15, 0.2) is 18.2 Å². The van der Waals surface area contributed by atoms with Crippen LogP contribution >= 0.6 is 11.8 Å². The lowest BCUT2D eigenvalue weighted by Gasteiger charge is -2.12. The van der Waals surface area contributed by atoms with Crippen LogP contribution < -0.4 is 11.1 Å². The van der Waals surface area contributed by atoms with Gasteiger partial charge >= 0.3 is 0 Å². The van der Waals surface area contributed by atoms with Crippen LogP contribution in [0.5, 0.6) is 0 Å². The fourth-order valence-electron chi connectivity index (χ4n) is 1.57. The average molecular weight is 252 g/mol. The molecule has 0 radical (unpaired) electrons. The van der Waals surface area contributed by atoms with E-state index in [1.807, 2.05) is 19.1 Å². The highest BCUT2D eigenvalue weighted by atomic mass is 32.2. The molecule has 0 aliphatic heterocycles. The minimum Gasteiger partial charge on any atom is -0.398 e. The summed E-state index contributed by atoms with van der Waals surface area (Å²) >= 11 is 1.79. The molecule has 17 heavy (non-hydrogen) atoms. The molecule has 0 aromatic heterocycles. The standard InChI is InChI=1S/C13H20N2OS/c1-9-4-5-12(14)11(6-9)13(16)15-7-10(2)8-17-3/h4-6,10H,7-8,14H2,1-3H3,(H,15,16). The van der Waals surface area contributed by atoms with Crippen molar-refractivity contribution >= 4 is 23.4 Å². The highest BCUT2D eigenvalue weighted by molar-refractivity contribution is 7.98. The first-order chi connectivity index (χ1) is 8.04. The van der Waals surface area contributed by atoms with Crippen molar-refractivity contribution in [2.45, 2.75) is 13.8 Å². The van der Waals surface area contributed by atoms with Gasteiger partial charge in [0, 0.05) is 12.2 Å². The average Bonchev–Trinajstić information content (AvgIpc) is 2.29. The predicted octanol–water partition coefficient (Wildman–Crippen LogP) is 2.31. The van der Waals surface area contributed by atoms with Gasteiger partial charge in [-0.1, -0.05) is 18.6 Å². The van der Waals surface area contributed by atoms with Gasteiger partial charge in [0.25, 0.3) is 5.91 Å². The molecule has 0 spiro atoms. The SMILES string of the molecule is CSCC(C)CNC(=O)c1cc(C)ccc1N. The summed E-state index contributed by atoms with van der Waals surface area (Å²) in [6, 6.07) is 5.50. The molecule has 0 aliphatic rings. The zero-order valence-corrected chi connectivity index (χ0v) is 11.4. The van der Waals surface area contributed by atoms with Crippen molar-refractivity contribution in [1.82, 2.24) is 5.32 Å². The van der Waals surface area contributed by atoms with E-state index in [1.165, 1.54) is 0 Å². The van der Waals surface area contributed by atoms with Gasteiger partial charge in [0.2, 0.25) is 0 Å². The summed E-state index contributed by atoms with van der Waals surface area (Å²) in [4.78, 5) is 11.9. The van der Waals surface area contributed by atoms with Gasteiger partial charge in [-0.2, -0.15) is 11.8 Å². The van der Waals surface area contributed by atoms with Gasteiger partial charge in [-0.3, -0.25) is 4.79 Å². The fourth-order valence-corrected chi connectivity index (χ4v) is 2.26. The highest BCUT2D eigenvalue weighted by Crippen LogP contribution is 2.13. The normalized spacial score (nSPS) is 12.2. The molecule has 0 aliphatic carbocycles. The molecule has 3 nitrogen and oxygen atoms in total. The van der Waals surface area contributed by atoms with E-state index in [0.717, 1.165) is 11.3 Å². The Bertz CT molecular complexity index is 393. The third kappa shape index (κ3) is 4.30. The van der Waals surface area contributed by atoms with E-state index in [2.05, 4.69) is 18.5 Å². The summed E-state index contributed by atoms with van der Waals surface area (Å²) in [6.07, 6.45) is 2.07. The van der Waals surface area contributed by atoms with Gasteiger partial charge in [0.05, 0.1) is 5.56 Å². The van der Waals surface area contributed by atoms with Crippen molar-refractivity contribution in [1.29, 1.82) is 0 Å². The maximum Gasteiger partial charge on any atom is 0.253 e. The van der Waals surface area contributed by atoms with Crippen molar-refractivity contribution < 1.29 is 4.79 Å². The summed E-state index contributed by atoms with van der Waals surface area (Å²) in [5.74, 6) is 1.43. The minimum absolute atomic E-state index is 0.0841. The van der Waals surface area contributed by atoms with E-state index in [4.69, 9.17) is 5.73 Å². The number of benzene rings is 1. The van der Waals surface area contributed by atoms with E-state index in [0.29, 0.717) is 23.7 Å². The Labute approximate surface area is 107 Å². The number of nitrogens with two attached hydrogens (primary N) is 1. The van der Waals surface area contributed by atoms with Crippen molar-refractivity contribution in [2.24, 2.45) is 5.92 Å². The van der Waals surface area contributed by atoms with E-state index in [1.54, 1.807) is 17.8 Å². The number of carbonyl (C=O) groups is 1. The lowest BCUT2D eigenvalue weighted by atomic mass is 10.1. The van der Waals surface area contributed by atoms with Crippen LogP contribution in [0.3, 0.4) is 0 Å². The predicted molar refractivity (Wildman–Crippen MR) is 75.5 cm³/mol. The molecule has 1 rings (SSSR count). The molecular formula is C13H20N2OS. The summed E-state index contributed by atoms with van der Waals surface area (Å²) in [5.41, 5.74) is 7.94. The van der Waals surface area contributed by atoms with E-state index >= 15 is 0 Å². The molecule has 94 valence electrons. The van der Waals surface area contributed by atoms with Crippen molar-refractivity contribution in [2.75, 3.05) is 24.3 Å². The molecule has 0 saturated heterocycles. The van der Waals surface area contributed by atoms with Gasteiger partial charge in [-0.05, 0) is 37.0 Å². The first kappa shape index (κ1) is 13.9. The highest BCUT2D eigenvalue weighted by Gasteiger charge is 2.10. The Balaban J connectivity index is 2.61. The van der Waals surface area contributed by atoms with E-state index < -0.39 is 0 Å². The summed E-state index contributed by atoms with van der Waals surface area (Å²) in [5, 5.41) is 2.92. The molecule has 1 atom stereocenters. The second-order valence-electron chi connectivity index (χ2n) is 4.36. The quantitative estimate of drug-likeness (QED) is 0.791. The molecule has 1 aromatic carbocycles. The molecule has 0 fully saturated rings. The molecule has 3 N–H and O–H groups in total. The van der Waals surface area contributed by atoms with Gasteiger partial charge in [-0.15, -0.1) is 0 Å². The van der Waals surface area contributed by atoms with Gasteiger partial charge in [0.1, 0.15) is 0 Å². The molecule has 4 heteroatoms. The first-order valence-corrected chi connectivity index (χ1v) is 7.07. The zero-order chi connectivity index (χ0) is 12.8. The van der Waals surface area contributed by atoms with E-state index in [-0.39, 0.29) is 5.91 Å². The Kier molecular flexibility index (Phi) is 5.35. The fraction of sp³-hybridized carbons (Fsp3) is 0.462. The van der Waals surface area contributed by atoms with Gasteiger partial charge < -0.3 is 11.1 Å². The summed E-state index contributed by atoms with van der Waals surface area (Å²) in [6.45, 7) is 4.76. The van der Waals surface area contributed by atoms with Crippen LogP contribution in [0, 0.1) is 12.8 Å². The van der Waals surface area contributed by atoms with Crippen LogP contribution in [0.1, 0.15) is 22.8 Å². The lowest BCUT2D eigenvalue weighted by molar-refractivity contribution is 0.0950. The van der Waals surface area contributed by atoms with Crippen LogP contribution in [0.4, 0.5) is 5.69 Å². The van der Waals surface area contributed by atoms with Crippen molar-refractivity contribution in [3.8, 4) is 0 Å². The third-order valence-corrected chi connectivity index (χ3v) is 3.42. The number of thioether (sulfide) groups is 1. The topological polar surface area (TPSA) is 55.1 Å². The smallest absolute Gasteiger partial charge is 0.253 e.